The molecule has 1 heterocycles. The minimum Gasteiger partial charge on any atom is -0.383 e. The lowest BCUT2D eigenvalue weighted by molar-refractivity contribution is -0.139. The molecule has 1 aliphatic heterocycles. The Kier molecular flexibility index (Phi) is 8.02. The molecule has 0 aromatic heterocycles. The van der Waals surface area contributed by atoms with Gasteiger partial charge in [0.15, 0.2) is 0 Å². The van der Waals surface area contributed by atoms with Crippen molar-refractivity contribution in [2.24, 2.45) is 5.92 Å². The van der Waals surface area contributed by atoms with Gasteiger partial charge in [0.05, 0.1) is 12.7 Å². The zero-order chi connectivity index (χ0) is 14.1. The molecule has 1 N–H and O–H groups in total. The molecule has 0 aromatic rings. The van der Waals surface area contributed by atoms with Gasteiger partial charge in [0, 0.05) is 20.2 Å². The first-order valence-electron chi connectivity index (χ1n) is 7.22. The summed E-state index contributed by atoms with van der Waals surface area (Å²) in [6, 6.07) is 0. The van der Waals surface area contributed by atoms with Gasteiger partial charge in [0.25, 0.3) is 0 Å². The number of hydrogen-bond donors (Lipinski definition) is 1. The molecule has 0 radical (unpaired) electrons. The normalized spacial score (nSPS) is 16.8. The number of carbonyl (C=O) groups is 1. The maximum atomic E-state index is 12.2. The van der Waals surface area contributed by atoms with Crippen LogP contribution in [-0.4, -0.2) is 63.4 Å². The standard InChI is InChI=1S/C14H28N2O3/c1-12(2)10-16(8-9-18-3)14(17)11-19-13-4-6-15-7-5-13/h12-13,15H,4-11H2,1-3H3. The minimum atomic E-state index is 0.0734. The summed E-state index contributed by atoms with van der Waals surface area (Å²) >= 11 is 0. The summed E-state index contributed by atoms with van der Waals surface area (Å²) in [5, 5.41) is 3.29. The highest BCUT2D eigenvalue weighted by Gasteiger charge is 2.18. The van der Waals surface area contributed by atoms with Crippen molar-refractivity contribution in [2.75, 3.05) is 46.5 Å². The Morgan fingerprint density at radius 3 is 2.63 bits per heavy atom. The Morgan fingerprint density at radius 2 is 2.05 bits per heavy atom. The quantitative estimate of drug-likeness (QED) is 0.713. The number of amides is 1. The van der Waals surface area contributed by atoms with Gasteiger partial charge in [-0.1, -0.05) is 13.8 Å². The van der Waals surface area contributed by atoms with Crippen molar-refractivity contribution >= 4 is 5.91 Å². The van der Waals surface area contributed by atoms with E-state index in [0.717, 1.165) is 32.5 Å². The summed E-state index contributed by atoms with van der Waals surface area (Å²) in [5.41, 5.74) is 0. The van der Waals surface area contributed by atoms with Crippen LogP contribution in [-0.2, 0) is 14.3 Å². The Balaban J connectivity index is 2.32. The minimum absolute atomic E-state index is 0.0734. The van der Waals surface area contributed by atoms with Gasteiger partial charge in [-0.3, -0.25) is 4.79 Å². The van der Waals surface area contributed by atoms with Crippen LogP contribution in [0.1, 0.15) is 26.7 Å². The van der Waals surface area contributed by atoms with Crippen molar-refractivity contribution in [3.05, 3.63) is 0 Å². The summed E-state index contributed by atoms with van der Waals surface area (Å²) in [4.78, 5) is 14.0. The van der Waals surface area contributed by atoms with Crippen molar-refractivity contribution in [3.8, 4) is 0 Å². The van der Waals surface area contributed by atoms with Crippen LogP contribution in [0.5, 0.6) is 0 Å². The highest BCUT2D eigenvalue weighted by atomic mass is 16.5. The lowest BCUT2D eigenvalue weighted by Crippen LogP contribution is -2.41. The van der Waals surface area contributed by atoms with Gasteiger partial charge in [-0.05, 0) is 31.8 Å². The first kappa shape index (κ1) is 16.4. The summed E-state index contributed by atoms with van der Waals surface area (Å²) in [6.45, 7) is 8.37. The van der Waals surface area contributed by atoms with E-state index < -0.39 is 0 Å². The second kappa shape index (κ2) is 9.28. The van der Waals surface area contributed by atoms with Crippen molar-refractivity contribution in [2.45, 2.75) is 32.8 Å². The van der Waals surface area contributed by atoms with Gasteiger partial charge in [-0.2, -0.15) is 0 Å². The number of rotatable bonds is 8. The number of carbonyl (C=O) groups excluding carboxylic acids is 1. The highest BCUT2D eigenvalue weighted by molar-refractivity contribution is 5.77. The predicted octanol–water partition coefficient (Wildman–Crippen LogP) is 0.886. The second-order valence-corrected chi connectivity index (χ2v) is 5.49. The average molecular weight is 272 g/mol. The van der Waals surface area contributed by atoms with E-state index in [0.29, 0.717) is 19.1 Å². The molecule has 1 saturated heterocycles. The molecule has 0 atom stereocenters. The molecule has 19 heavy (non-hydrogen) atoms. The van der Waals surface area contributed by atoms with E-state index in [9.17, 15) is 4.79 Å². The van der Waals surface area contributed by atoms with Crippen LogP contribution in [0, 0.1) is 5.92 Å². The number of methoxy groups -OCH3 is 1. The smallest absolute Gasteiger partial charge is 0.248 e. The van der Waals surface area contributed by atoms with Gasteiger partial charge in [0.2, 0.25) is 5.91 Å². The van der Waals surface area contributed by atoms with E-state index in [1.54, 1.807) is 7.11 Å². The number of ether oxygens (including phenoxy) is 2. The maximum Gasteiger partial charge on any atom is 0.248 e. The molecular weight excluding hydrogens is 244 g/mol. The lowest BCUT2D eigenvalue weighted by Gasteiger charge is -2.27. The second-order valence-electron chi connectivity index (χ2n) is 5.49. The molecule has 0 unspecified atom stereocenters. The van der Waals surface area contributed by atoms with Crippen LogP contribution in [0.25, 0.3) is 0 Å². The third-order valence-corrected chi connectivity index (χ3v) is 3.23. The molecule has 5 heteroatoms. The van der Waals surface area contributed by atoms with Crippen LogP contribution in [0.4, 0.5) is 0 Å². The number of piperidine rings is 1. The zero-order valence-electron chi connectivity index (χ0n) is 12.5. The van der Waals surface area contributed by atoms with Gasteiger partial charge in [-0.15, -0.1) is 0 Å². The largest absolute Gasteiger partial charge is 0.383 e. The van der Waals surface area contributed by atoms with E-state index in [-0.39, 0.29) is 18.6 Å². The topological polar surface area (TPSA) is 50.8 Å². The molecule has 0 aromatic carbocycles. The van der Waals surface area contributed by atoms with Crippen molar-refractivity contribution in [1.29, 1.82) is 0 Å². The molecule has 1 aliphatic rings. The third kappa shape index (κ3) is 6.89. The Bertz CT molecular complexity index is 253. The summed E-state index contributed by atoms with van der Waals surface area (Å²) in [5.74, 6) is 0.531. The number of hydrogen-bond acceptors (Lipinski definition) is 4. The van der Waals surface area contributed by atoms with Crippen LogP contribution in [0.15, 0.2) is 0 Å². The highest BCUT2D eigenvalue weighted by Crippen LogP contribution is 2.08. The molecule has 0 bridgehead atoms. The van der Waals surface area contributed by atoms with Gasteiger partial charge >= 0.3 is 0 Å². The summed E-state index contributed by atoms with van der Waals surface area (Å²) in [6.07, 6.45) is 2.22. The van der Waals surface area contributed by atoms with Crippen molar-refractivity contribution < 1.29 is 14.3 Å². The fourth-order valence-corrected chi connectivity index (χ4v) is 2.20. The summed E-state index contributed by atoms with van der Waals surface area (Å²) in [7, 11) is 1.66. The van der Waals surface area contributed by atoms with Crippen LogP contribution in [0.2, 0.25) is 0 Å². The Labute approximate surface area is 116 Å². The van der Waals surface area contributed by atoms with Crippen LogP contribution < -0.4 is 5.32 Å². The predicted molar refractivity (Wildman–Crippen MR) is 75.1 cm³/mol. The molecule has 112 valence electrons. The van der Waals surface area contributed by atoms with E-state index in [1.165, 1.54) is 0 Å². The molecule has 1 fully saturated rings. The average Bonchev–Trinajstić information content (AvgIpc) is 2.41. The first-order valence-corrected chi connectivity index (χ1v) is 7.22. The zero-order valence-corrected chi connectivity index (χ0v) is 12.5. The molecule has 1 amide bonds. The Hall–Kier alpha value is -0.650. The van der Waals surface area contributed by atoms with Gasteiger partial charge < -0.3 is 19.7 Å². The van der Waals surface area contributed by atoms with E-state index >= 15 is 0 Å². The molecular formula is C14H28N2O3. The third-order valence-electron chi connectivity index (χ3n) is 3.23. The molecule has 0 aliphatic carbocycles. The molecule has 5 nitrogen and oxygen atoms in total. The number of nitrogens with one attached hydrogen (secondary N) is 1. The van der Waals surface area contributed by atoms with Crippen molar-refractivity contribution in [3.63, 3.8) is 0 Å². The van der Waals surface area contributed by atoms with E-state index in [2.05, 4.69) is 19.2 Å². The van der Waals surface area contributed by atoms with Crippen LogP contribution in [0.3, 0.4) is 0 Å². The van der Waals surface area contributed by atoms with E-state index in [4.69, 9.17) is 9.47 Å². The van der Waals surface area contributed by atoms with Crippen LogP contribution >= 0.6 is 0 Å². The molecule has 1 rings (SSSR count). The maximum absolute atomic E-state index is 12.2. The lowest BCUT2D eigenvalue weighted by atomic mass is 10.1. The first-order chi connectivity index (χ1) is 9.13. The SMILES string of the molecule is COCCN(CC(C)C)C(=O)COC1CCNCC1. The molecule has 0 saturated carbocycles. The fourth-order valence-electron chi connectivity index (χ4n) is 2.20. The molecule has 0 spiro atoms. The monoisotopic (exact) mass is 272 g/mol. The summed E-state index contributed by atoms with van der Waals surface area (Å²) < 4.78 is 10.8. The Morgan fingerprint density at radius 1 is 1.37 bits per heavy atom. The van der Waals surface area contributed by atoms with E-state index in [1.807, 2.05) is 4.90 Å². The van der Waals surface area contributed by atoms with Crippen molar-refractivity contribution in [1.82, 2.24) is 10.2 Å². The van der Waals surface area contributed by atoms with Gasteiger partial charge in [0.1, 0.15) is 6.61 Å². The fraction of sp³-hybridized carbons (Fsp3) is 0.929. The number of nitrogens with zero attached hydrogens (tertiary/aromatic N) is 1. The van der Waals surface area contributed by atoms with Gasteiger partial charge in [-0.25, -0.2) is 0 Å².